The number of nitrogens with one attached hydrogen (secondary N) is 1. The number of thiophene rings is 1. The molecule has 0 bridgehead atoms. The first kappa shape index (κ1) is 16.0. The van der Waals surface area contributed by atoms with Gasteiger partial charge in [0.1, 0.15) is 9.10 Å². The normalized spacial score (nSPS) is 12.4. The lowest BCUT2D eigenvalue weighted by Crippen LogP contribution is -2.21. The van der Waals surface area contributed by atoms with E-state index in [0.717, 1.165) is 17.2 Å². The van der Waals surface area contributed by atoms with Gasteiger partial charge in [-0.05, 0) is 6.07 Å². The number of sulfone groups is 1. The first-order valence-electron chi connectivity index (χ1n) is 4.72. The Balaban J connectivity index is 3.60. The van der Waals surface area contributed by atoms with Gasteiger partial charge in [-0.25, -0.2) is 16.8 Å². The number of hydrogen-bond donors (Lipinski definition) is 2. The molecule has 2 N–H and O–H groups in total. The molecule has 0 fully saturated rings. The summed E-state index contributed by atoms with van der Waals surface area (Å²) in [5, 5.41) is 8.57. The molecule has 0 unspecified atom stereocenters. The fraction of sp³-hybridized carbons (Fsp3) is 0.375. The van der Waals surface area contributed by atoms with Crippen LogP contribution in [0.3, 0.4) is 0 Å². The van der Waals surface area contributed by atoms with E-state index in [1.54, 1.807) is 0 Å². The molecule has 1 aromatic heterocycles. The van der Waals surface area contributed by atoms with Crippen molar-refractivity contribution in [3.63, 3.8) is 0 Å². The number of amides is 1. The Labute approximate surface area is 114 Å². The molecule has 0 atom stereocenters. The van der Waals surface area contributed by atoms with Gasteiger partial charge in [0.2, 0.25) is 0 Å². The number of sulfonamides is 1. The van der Waals surface area contributed by atoms with Crippen molar-refractivity contribution in [2.45, 2.75) is 9.10 Å². The predicted octanol–water partition coefficient (Wildman–Crippen LogP) is -0.479. The predicted molar refractivity (Wildman–Crippen MR) is 67.6 cm³/mol. The molecule has 0 spiro atoms. The van der Waals surface area contributed by atoms with E-state index >= 15 is 0 Å². The Morgan fingerprint density at radius 1 is 1.32 bits per heavy atom. The Hall–Kier alpha value is -1.01. The fourth-order valence-corrected chi connectivity index (χ4v) is 5.19. The molecule has 108 valence electrons. The zero-order chi connectivity index (χ0) is 15.0. The second-order valence-electron chi connectivity index (χ2n) is 3.83. The summed E-state index contributed by atoms with van der Waals surface area (Å²) < 4.78 is 45.6. The number of carbonyl (C=O) groups excluding carboxylic acids is 1. The topological polar surface area (TPSA) is 121 Å². The molecule has 0 aliphatic heterocycles. The van der Waals surface area contributed by atoms with Crippen LogP contribution in [0.25, 0.3) is 0 Å². The summed E-state index contributed by atoms with van der Waals surface area (Å²) in [5.74, 6) is -0.533. The highest BCUT2D eigenvalue weighted by Gasteiger charge is 2.29. The molecule has 1 heterocycles. The average Bonchev–Trinajstić information content (AvgIpc) is 2.72. The van der Waals surface area contributed by atoms with Gasteiger partial charge in [-0.1, -0.05) is 4.89 Å². The van der Waals surface area contributed by atoms with Gasteiger partial charge in [0.25, 0.3) is 15.9 Å². The van der Waals surface area contributed by atoms with Crippen molar-refractivity contribution in [1.82, 2.24) is 9.79 Å². The van der Waals surface area contributed by atoms with Gasteiger partial charge >= 0.3 is 0 Å². The number of carbonyl (C=O) groups is 1. The molecule has 1 rings (SSSR count). The Kier molecular flexibility index (Phi) is 4.37. The third kappa shape index (κ3) is 3.30. The summed E-state index contributed by atoms with van der Waals surface area (Å²) in [4.78, 5) is 13.2. The highest BCUT2D eigenvalue weighted by Crippen LogP contribution is 2.31. The van der Waals surface area contributed by atoms with Gasteiger partial charge in [-0.15, -0.1) is 11.3 Å². The van der Waals surface area contributed by atoms with E-state index in [0.29, 0.717) is 11.3 Å². The van der Waals surface area contributed by atoms with E-state index in [1.807, 2.05) is 0 Å². The molecular weight excluding hydrogens is 316 g/mol. The Morgan fingerprint density at radius 2 is 1.84 bits per heavy atom. The largest absolute Gasteiger partial charge is 0.344 e. The van der Waals surface area contributed by atoms with Crippen molar-refractivity contribution in [3.05, 3.63) is 10.9 Å². The van der Waals surface area contributed by atoms with Gasteiger partial charge in [-0.3, -0.25) is 4.79 Å². The zero-order valence-electron chi connectivity index (χ0n) is 10.2. The van der Waals surface area contributed by atoms with Gasteiger partial charge in [0.15, 0.2) is 9.84 Å². The van der Waals surface area contributed by atoms with Crippen LogP contribution < -0.4 is 4.89 Å². The summed E-state index contributed by atoms with van der Waals surface area (Å²) in [6, 6.07) is 0.919. The quantitative estimate of drug-likeness (QED) is 0.720. The molecule has 0 saturated carbocycles. The van der Waals surface area contributed by atoms with E-state index in [1.165, 1.54) is 19.0 Å². The van der Waals surface area contributed by atoms with Crippen LogP contribution in [-0.2, 0) is 19.9 Å². The molecule has 0 aliphatic carbocycles. The summed E-state index contributed by atoms with van der Waals surface area (Å²) in [6.07, 6.45) is 0.819. The van der Waals surface area contributed by atoms with Crippen LogP contribution in [0.4, 0.5) is 0 Å². The lowest BCUT2D eigenvalue weighted by molar-refractivity contribution is 0.0832. The van der Waals surface area contributed by atoms with Crippen LogP contribution in [0.2, 0.25) is 0 Å². The molecule has 0 aromatic carbocycles. The van der Waals surface area contributed by atoms with Crippen LogP contribution in [0, 0.1) is 0 Å². The minimum Gasteiger partial charge on any atom is -0.344 e. The molecular formula is C8H12N2O6S3. The van der Waals surface area contributed by atoms with Crippen LogP contribution in [0.15, 0.2) is 15.2 Å². The molecule has 1 aromatic rings. The first-order chi connectivity index (χ1) is 8.50. The average molecular weight is 328 g/mol. The van der Waals surface area contributed by atoms with Crippen molar-refractivity contribution < 1.29 is 26.8 Å². The SMILES string of the molecule is CN(C)C(=O)c1cc(S(=O)(=O)NO)c(S(C)(=O)=O)s1. The van der Waals surface area contributed by atoms with Crippen LogP contribution in [0.1, 0.15) is 9.67 Å². The second-order valence-corrected chi connectivity index (χ2v) is 8.72. The van der Waals surface area contributed by atoms with Crippen molar-refractivity contribution in [2.24, 2.45) is 0 Å². The summed E-state index contributed by atoms with van der Waals surface area (Å²) >= 11 is 0.536. The lowest BCUT2D eigenvalue weighted by Gasteiger charge is -2.06. The second kappa shape index (κ2) is 5.17. The van der Waals surface area contributed by atoms with Crippen molar-refractivity contribution in [3.8, 4) is 0 Å². The van der Waals surface area contributed by atoms with Crippen LogP contribution >= 0.6 is 11.3 Å². The zero-order valence-corrected chi connectivity index (χ0v) is 12.7. The maximum absolute atomic E-state index is 11.7. The van der Waals surface area contributed by atoms with E-state index in [-0.39, 0.29) is 4.88 Å². The number of rotatable bonds is 4. The van der Waals surface area contributed by atoms with Gasteiger partial charge in [0, 0.05) is 20.4 Å². The van der Waals surface area contributed by atoms with Crippen molar-refractivity contribution in [1.29, 1.82) is 0 Å². The minimum absolute atomic E-state index is 0.0563. The molecule has 0 aliphatic rings. The summed E-state index contributed by atoms with van der Waals surface area (Å²) in [6.45, 7) is 0. The smallest absolute Gasteiger partial charge is 0.264 e. The van der Waals surface area contributed by atoms with Gasteiger partial charge < -0.3 is 10.1 Å². The minimum atomic E-state index is -4.38. The molecule has 19 heavy (non-hydrogen) atoms. The van der Waals surface area contributed by atoms with Crippen molar-refractivity contribution >= 4 is 37.1 Å². The number of hydrogen-bond acceptors (Lipinski definition) is 7. The lowest BCUT2D eigenvalue weighted by atomic mass is 10.4. The first-order valence-corrected chi connectivity index (χ1v) is 8.91. The Morgan fingerprint density at radius 3 is 2.21 bits per heavy atom. The van der Waals surface area contributed by atoms with E-state index in [4.69, 9.17) is 5.21 Å². The third-order valence-corrected chi connectivity index (χ3v) is 6.40. The fourth-order valence-electron chi connectivity index (χ4n) is 1.18. The molecule has 0 radical (unpaired) electrons. The van der Waals surface area contributed by atoms with Crippen LogP contribution in [0.5, 0.6) is 0 Å². The van der Waals surface area contributed by atoms with Gasteiger partial charge in [0.05, 0.1) is 4.88 Å². The summed E-state index contributed by atoms with van der Waals surface area (Å²) in [5.41, 5.74) is 0. The standard InChI is InChI=1S/C8H12N2O6S3/c1-10(2)7(11)5-4-6(19(15,16)9-12)8(17-5)18(3,13)14/h4,9,12H,1-3H3. The maximum atomic E-state index is 11.7. The highest BCUT2D eigenvalue weighted by molar-refractivity contribution is 7.94. The van der Waals surface area contributed by atoms with Crippen molar-refractivity contribution in [2.75, 3.05) is 20.4 Å². The molecule has 8 nitrogen and oxygen atoms in total. The summed E-state index contributed by atoms with van der Waals surface area (Å²) in [7, 11) is -5.34. The van der Waals surface area contributed by atoms with Gasteiger partial charge in [-0.2, -0.15) is 0 Å². The monoisotopic (exact) mass is 328 g/mol. The maximum Gasteiger partial charge on any atom is 0.264 e. The molecule has 0 saturated heterocycles. The highest BCUT2D eigenvalue weighted by atomic mass is 32.2. The van der Waals surface area contributed by atoms with Crippen LogP contribution in [-0.4, -0.2) is 53.2 Å². The third-order valence-electron chi connectivity index (χ3n) is 2.03. The van der Waals surface area contributed by atoms with E-state index in [2.05, 4.69) is 0 Å². The van der Waals surface area contributed by atoms with E-state index in [9.17, 15) is 21.6 Å². The molecule has 11 heteroatoms. The van der Waals surface area contributed by atoms with E-state index < -0.39 is 34.9 Å². The Bertz CT molecular complexity index is 701. The number of nitrogens with zero attached hydrogens (tertiary/aromatic N) is 1. The molecule has 1 amide bonds.